The lowest BCUT2D eigenvalue weighted by Crippen LogP contribution is -2.51. The maximum Gasteiger partial charge on any atom is 0.317 e. The first-order valence-electron chi connectivity index (χ1n) is 9.58. The summed E-state index contributed by atoms with van der Waals surface area (Å²) >= 11 is 0. The summed E-state index contributed by atoms with van der Waals surface area (Å²) in [6.07, 6.45) is 6.44. The number of hydrogen-bond donors (Lipinski definition) is 1. The predicted molar refractivity (Wildman–Crippen MR) is 93.6 cm³/mol. The second-order valence-corrected chi connectivity index (χ2v) is 8.36. The number of nitrogens with one attached hydrogen (secondary N) is 1. The monoisotopic (exact) mass is 342 g/mol. The predicted octanol–water partition coefficient (Wildman–Crippen LogP) is 3.25. The van der Waals surface area contributed by atoms with Gasteiger partial charge in [-0.05, 0) is 38.2 Å². The number of likely N-dealkylation sites (tertiary alicyclic amines) is 1. The van der Waals surface area contributed by atoms with Crippen LogP contribution in [0.1, 0.15) is 50.1 Å². The lowest BCUT2D eigenvalue weighted by Gasteiger charge is -2.48. The Kier molecular flexibility index (Phi) is 3.49. The topological polar surface area (TPSA) is 50.8 Å². The van der Waals surface area contributed by atoms with Gasteiger partial charge >= 0.3 is 6.03 Å². The van der Waals surface area contributed by atoms with Gasteiger partial charge in [0.25, 0.3) is 0 Å². The van der Waals surface area contributed by atoms with E-state index in [1.54, 1.807) is 0 Å². The fraction of sp³-hybridized carbons (Fsp3) is 0.650. The molecule has 5 heteroatoms. The Bertz CT molecular complexity index is 679. The van der Waals surface area contributed by atoms with Crippen LogP contribution >= 0.6 is 0 Å². The first-order valence-corrected chi connectivity index (χ1v) is 9.58. The highest BCUT2D eigenvalue weighted by Crippen LogP contribution is 2.49. The molecular weight excluding hydrogens is 316 g/mol. The number of nitrogens with zero attached hydrogens (tertiary/aromatic N) is 1. The van der Waals surface area contributed by atoms with Crippen LogP contribution in [0.15, 0.2) is 24.3 Å². The first kappa shape index (κ1) is 15.5. The molecule has 5 nitrogen and oxygen atoms in total. The summed E-state index contributed by atoms with van der Waals surface area (Å²) in [5.41, 5.74) is 1.27. The van der Waals surface area contributed by atoms with E-state index < -0.39 is 0 Å². The van der Waals surface area contributed by atoms with Gasteiger partial charge in [-0.25, -0.2) is 4.79 Å². The van der Waals surface area contributed by atoms with Crippen LogP contribution in [-0.2, 0) is 4.74 Å². The SMILES string of the molecule is O=C(N[C@@H]1CC2(CCC2)Oc2ccccc21)N1CC[C@]2(CCOC2)C1. The van der Waals surface area contributed by atoms with Crippen LogP contribution in [0.4, 0.5) is 4.79 Å². The normalized spacial score (nSPS) is 32.3. The summed E-state index contributed by atoms with van der Waals surface area (Å²) in [6, 6.07) is 8.28. The van der Waals surface area contributed by atoms with E-state index in [1.807, 2.05) is 23.1 Å². The van der Waals surface area contributed by atoms with E-state index in [1.165, 1.54) is 6.42 Å². The van der Waals surface area contributed by atoms with Gasteiger partial charge in [-0.1, -0.05) is 18.2 Å². The largest absolute Gasteiger partial charge is 0.487 e. The van der Waals surface area contributed by atoms with Gasteiger partial charge in [-0.3, -0.25) is 0 Å². The number of benzene rings is 1. The van der Waals surface area contributed by atoms with E-state index in [4.69, 9.17) is 9.47 Å². The molecule has 1 aliphatic carbocycles. The summed E-state index contributed by atoms with van der Waals surface area (Å²) in [5, 5.41) is 3.31. The van der Waals surface area contributed by atoms with E-state index in [9.17, 15) is 4.79 Å². The molecule has 0 aromatic heterocycles. The van der Waals surface area contributed by atoms with Crippen LogP contribution in [0.2, 0.25) is 0 Å². The lowest BCUT2D eigenvalue weighted by molar-refractivity contribution is -0.0359. The van der Waals surface area contributed by atoms with Crippen molar-refractivity contribution < 1.29 is 14.3 Å². The Morgan fingerprint density at radius 1 is 1.20 bits per heavy atom. The molecule has 0 bridgehead atoms. The molecule has 25 heavy (non-hydrogen) atoms. The average molecular weight is 342 g/mol. The maximum absolute atomic E-state index is 12.9. The zero-order chi connectivity index (χ0) is 16.9. The lowest BCUT2D eigenvalue weighted by atomic mass is 9.73. The maximum atomic E-state index is 12.9. The van der Waals surface area contributed by atoms with Crippen LogP contribution in [0.3, 0.4) is 0 Å². The van der Waals surface area contributed by atoms with Gasteiger partial charge in [0, 0.05) is 37.1 Å². The second kappa shape index (κ2) is 5.63. The van der Waals surface area contributed by atoms with Gasteiger partial charge in [0.05, 0.1) is 12.6 Å². The molecule has 2 atom stereocenters. The highest BCUT2D eigenvalue weighted by Gasteiger charge is 2.47. The minimum Gasteiger partial charge on any atom is -0.487 e. The molecule has 2 amide bonds. The summed E-state index contributed by atoms with van der Waals surface area (Å²) < 4.78 is 11.9. The number of hydrogen-bond acceptors (Lipinski definition) is 3. The zero-order valence-corrected chi connectivity index (χ0v) is 14.6. The fourth-order valence-electron chi connectivity index (χ4n) is 4.94. The van der Waals surface area contributed by atoms with Crippen molar-refractivity contribution >= 4 is 6.03 Å². The number of amides is 2. The van der Waals surface area contributed by atoms with Crippen LogP contribution in [0.5, 0.6) is 5.75 Å². The minimum absolute atomic E-state index is 0.0501. The van der Waals surface area contributed by atoms with Gasteiger partial charge in [-0.2, -0.15) is 0 Å². The van der Waals surface area contributed by atoms with Gasteiger partial charge in [0.2, 0.25) is 0 Å². The number of para-hydroxylation sites is 1. The molecule has 1 aromatic rings. The van der Waals surface area contributed by atoms with Crippen molar-refractivity contribution in [1.29, 1.82) is 0 Å². The number of ether oxygens (including phenoxy) is 2. The Morgan fingerprint density at radius 3 is 2.84 bits per heavy atom. The van der Waals surface area contributed by atoms with Gasteiger partial charge in [0.1, 0.15) is 11.4 Å². The van der Waals surface area contributed by atoms with Crippen molar-refractivity contribution in [2.24, 2.45) is 5.41 Å². The minimum atomic E-state index is -0.0577. The van der Waals surface area contributed by atoms with Crippen molar-refractivity contribution in [3.63, 3.8) is 0 Å². The number of rotatable bonds is 1. The molecule has 3 fully saturated rings. The van der Waals surface area contributed by atoms with Crippen molar-refractivity contribution in [2.75, 3.05) is 26.3 Å². The third-order valence-corrected chi connectivity index (χ3v) is 6.67. The Hall–Kier alpha value is -1.75. The first-order chi connectivity index (χ1) is 12.2. The molecule has 4 aliphatic rings. The Labute approximate surface area is 148 Å². The van der Waals surface area contributed by atoms with Crippen molar-refractivity contribution in [2.45, 2.75) is 50.2 Å². The standard InChI is InChI=1S/C20H26N2O3/c23-18(22-10-8-19(13-22)9-11-24-14-19)21-16-12-20(6-3-7-20)25-17-5-2-1-4-15(16)17/h1-2,4-5,16H,3,6-14H2,(H,21,23)/t16-,19+/m1/s1. The molecule has 1 aromatic carbocycles. The smallest absolute Gasteiger partial charge is 0.317 e. The zero-order valence-electron chi connectivity index (χ0n) is 14.6. The Morgan fingerprint density at radius 2 is 2.08 bits per heavy atom. The third-order valence-electron chi connectivity index (χ3n) is 6.67. The van der Waals surface area contributed by atoms with E-state index in [0.29, 0.717) is 0 Å². The van der Waals surface area contributed by atoms with E-state index in [0.717, 1.165) is 69.7 Å². The number of carbonyl (C=O) groups is 1. The summed E-state index contributed by atoms with van der Waals surface area (Å²) in [5.74, 6) is 0.945. The molecule has 2 spiro atoms. The molecule has 0 radical (unpaired) electrons. The van der Waals surface area contributed by atoms with Crippen LogP contribution in [-0.4, -0.2) is 42.8 Å². The summed E-state index contributed by atoms with van der Waals surface area (Å²) in [7, 11) is 0. The number of fused-ring (bicyclic) bond motifs is 1. The van der Waals surface area contributed by atoms with Gasteiger partial charge in [0.15, 0.2) is 0 Å². The fourth-order valence-corrected chi connectivity index (χ4v) is 4.94. The molecule has 3 heterocycles. The number of urea groups is 1. The highest BCUT2D eigenvalue weighted by molar-refractivity contribution is 5.75. The summed E-state index contributed by atoms with van der Waals surface area (Å²) in [6.45, 7) is 3.31. The van der Waals surface area contributed by atoms with Crippen molar-refractivity contribution in [3.05, 3.63) is 29.8 Å². The van der Waals surface area contributed by atoms with Crippen molar-refractivity contribution in [3.8, 4) is 5.75 Å². The molecule has 134 valence electrons. The van der Waals surface area contributed by atoms with Gasteiger partial charge in [-0.15, -0.1) is 0 Å². The average Bonchev–Trinajstić information content (AvgIpc) is 3.23. The molecule has 2 saturated heterocycles. The van der Waals surface area contributed by atoms with Crippen LogP contribution in [0.25, 0.3) is 0 Å². The van der Waals surface area contributed by atoms with E-state index in [-0.39, 0.29) is 23.1 Å². The van der Waals surface area contributed by atoms with Gasteiger partial charge < -0.3 is 19.7 Å². The molecule has 0 unspecified atom stereocenters. The summed E-state index contributed by atoms with van der Waals surface area (Å²) in [4.78, 5) is 14.9. The van der Waals surface area contributed by atoms with E-state index in [2.05, 4.69) is 11.4 Å². The van der Waals surface area contributed by atoms with Crippen LogP contribution in [0, 0.1) is 5.41 Å². The molecule has 5 rings (SSSR count). The Balaban J connectivity index is 1.32. The second-order valence-electron chi connectivity index (χ2n) is 8.36. The van der Waals surface area contributed by atoms with E-state index >= 15 is 0 Å². The molecule has 1 saturated carbocycles. The highest BCUT2D eigenvalue weighted by atomic mass is 16.5. The van der Waals surface area contributed by atoms with Crippen LogP contribution < -0.4 is 10.1 Å². The molecule has 3 aliphatic heterocycles. The number of carbonyl (C=O) groups excluding carboxylic acids is 1. The van der Waals surface area contributed by atoms with Crippen molar-refractivity contribution in [1.82, 2.24) is 10.2 Å². The molecular formula is C20H26N2O3. The molecule has 1 N–H and O–H groups in total. The quantitative estimate of drug-likeness (QED) is 0.852. The third kappa shape index (κ3) is 2.60.